The SMILES string of the molecule is Cc1csc(CCCCNC(=O)[C@@H](C)Oc2ccc(Cl)cc2)n1. The highest BCUT2D eigenvalue weighted by atomic mass is 35.5. The number of nitrogens with zero attached hydrogens (tertiary/aromatic N) is 1. The number of aromatic nitrogens is 1. The van der Waals surface area contributed by atoms with E-state index >= 15 is 0 Å². The maximum absolute atomic E-state index is 12.0. The van der Waals surface area contributed by atoms with E-state index in [-0.39, 0.29) is 5.91 Å². The molecule has 1 aromatic carbocycles. The van der Waals surface area contributed by atoms with Crippen LogP contribution in [0.15, 0.2) is 29.6 Å². The van der Waals surface area contributed by atoms with E-state index in [1.54, 1.807) is 42.5 Å². The fourth-order valence-electron chi connectivity index (χ4n) is 2.04. The number of rotatable bonds is 8. The fraction of sp³-hybridized carbons (Fsp3) is 0.412. The molecular weight excluding hydrogens is 332 g/mol. The Labute approximate surface area is 145 Å². The van der Waals surface area contributed by atoms with Crippen LogP contribution in [0.5, 0.6) is 5.75 Å². The standard InChI is InChI=1S/C17H21ClN2O2S/c1-12-11-23-16(20-12)5-3-4-10-19-17(21)13(2)22-15-8-6-14(18)7-9-15/h6-9,11,13H,3-5,10H2,1-2H3,(H,19,21)/t13-/m1/s1. The Bertz CT molecular complexity index is 628. The zero-order valence-corrected chi connectivity index (χ0v) is 14.9. The maximum Gasteiger partial charge on any atom is 0.260 e. The zero-order valence-electron chi connectivity index (χ0n) is 13.3. The lowest BCUT2D eigenvalue weighted by Crippen LogP contribution is -2.36. The number of hydrogen-bond donors (Lipinski definition) is 1. The molecule has 23 heavy (non-hydrogen) atoms. The van der Waals surface area contributed by atoms with Crippen LogP contribution in [0.1, 0.15) is 30.5 Å². The van der Waals surface area contributed by atoms with Crippen molar-refractivity contribution in [3.8, 4) is 5.75 Å². The normalized spacial score (nSPS) is 12.0. The number of hydrogen-bond acceptors (Lipinski definition) is 4. The van der Waals surface area contributed by atoms with Crippen LogP contribution in [0.2, 0.25) is 5.02 Å². The molecule has 1 aromatic heterocycles. The molecule has 0 saturated heterocycles. The van der Waals surface area contributed by atoms with Crippen LogP contribution in [0, 0.1) is 6.92 Å². The minimum absolute atomic E-state index is 0.106. The number of halogens is 1. The number of ether oxygens (including phenoxy) is 1. The molecule has 2 rings (SSSR count). The summed E-state index contributed by atoms with van der Waals surface area (Å²) in [5, 5.41) is 6.76. The number of aryl methyl sites for hydroxylation is 2. The van der Waals surface area contributed by atoms with E-state index in [0.29, 0.717) is 17.3 Å². The van der Waals surface area contributed by atoms with Gasteiger partial charge in [-0.2, -0.15) is 0 Å². The van der Waals surface area contributed by atoms with Crippen molar-refractivity contribution in [3.05, 3.63) is 45.4 Å². The van der Waals surface area contributed by atoms with Crippen LogP contribution < -0.4 is 10.1 Å². The summed E-state index contributed by atoms with van der Waals surface area (Å²) in [6.07, 6.45) is 2.38. The zero-order chi connectivity index (χ0) is 16.7. The van der Waals surface area contributed by atoms with Gasteiger partial charge in [0.25, 0.3) is 5.91 Å². The second-order valence-corrected chi connectivity index (χ2v) is 6.72. The van der Waals surface area contributed by atoms with Gasteiger partial charge in [-0.3, -0.25) is 4.79 Å². The first kappa shape index (κ1) is 17.8. The van der Waals surface area contributed by atoms with Gasteiger partial charge in [0.05, 0.1) is 5.01 Å². The summed E-state index contributed by atoms with van der Waals surface area (Å²) in [7, 11) is 0. The molecule has 2 aromatic rings. The molecule has 1 heterocycles. The van der Waals surface area contributed by atoms with Crippen LogP contribution >= 0.6 is 22.9 Å². The number of thiazole rings is 1. The monoisotopic (exact) mass is 352 g/mol. The third kappa shape index (κ3) is 6.20. The van der Waals surface area contributed by atoms with Gasteiger partial charge in [0.2, 0.25) is 0 Å². The summed E-state index contributed by atoms with van der Waals surface area (Å²) < 4.78 is 5.58. The maximum atomic E-state index is 12.0. The first-order valence-corrected chi connectivity index (χ1v) is 8.91. The Hall–Kier alpha value is -1.59. The summed E-state index contributed by atoms with van der Waals surface area (Å²) in [6, 6.07) is 6.98. The van der Waals surface area contributed by atoms with Gasteiger partial charge in [-0.05, 0) is 57.4 Å². The third-order valence-corrected chi connectivity index (χ3v) is 4.56. The van der Waals surface area contributed by atoms with Gasteiger partial charge in [-0.25, -0.2) is 4.98 Å². The van der Waals surface area contributed by atoms with Crippen molar-refractivity contribution in [2.75, 3.05) is 6.54 Å². The van der Waals surface area contributed by atoms with Crippen molar-refractivity contribution >= 4 is 28.8 Å². The van der Waals surface area contributed by atoms with E-state index < -0.39 is 6.10 Å². The molecule has 0 aliphatic heterocycles. The van der Waals surface area contributed by atoms with E-state index in [1.165, 1.54) is 0 Å². The summed E-state index contributed by atoms with van der Waals surface area (Å²) in [4.78, 5) is 16.4. The number of carbonyl (C=O) groups is 1. The van der Waals surface area contributed by atoms with Gasteiger partial charge in [-0.1, -0.05) is 11.6 Å². The highest BCUT2D eigenvalue weighted by Gasteiger charge is 2.13. The predicted molar refractivity (Wildman–Crippen MR) is 94.3 cm³/mol. The van der Waals surface area contributed by atoms with Crippen molar-refractivity contribution in [1.29, 1.82) is 0 Å². The minimum atomic E-state index is -0.530. The van der Waals surface area contributed by atoms with Gasteiger partial charge in [-0.15, -0.1) is 11.3 Å². The Morgan fingerprint density at radius 1 is 1.35 bits per heavy atom. The van der Waals surface area contributed by atoms with E-state index in [4.69, 9.17) is 16.3 Å². The number of carbonyl (C=O) groups excluding carboxylic acids is 1. The summed E-state index contributed by atoms with van der Waals surface area (Å²) in [5.41, 5.74) is 1.08. The van der Waals surface area contributed by atoms with Crippen LogP contribution in [0.4, 0.5) is 0 Å². The van der Waals surface area contributed by atoms with Crippen LogP contribution in [0.25, 0.3) is 0 Å². The second kappa shape index (κ2) is 8.89. The summed E-state index contributed by atoms with van der Waals surface area (Å²) in [5.74, 6) is 0.529. The highest BCUT2D eigenvalue weighted by molar-refractivity contribution is 7.09. The lowest BCUT2D eigenvalue weighted by atomic mass is 10.2. The molecule has 0 spiro atoms. The molecule has 0 radical (unpaired) electrons. The number of nitrogens with one attached hydrogen (secondary N) is 1. The molecular formula is C17H21ClN2O2S. The molecule has 1 amide bonds. The Morgan fingerprint density at radius 2 is 2.09 bits per heavy atom. The van der Waals surface area contributed by atoms with Crippen molar-refractivity contribution < 1.29 is 9.53 Å². The third-order valence-electron chi connectivity index (χ3n) is 3.28. The average Bonchev–Trinajstić information content (AvgIpc) is 2.94. The van der Waals surface area contributed by atoms with E-state index in [1.807, 2.05) is 6.92 Å². The van der Waals surface area contributed by atoms with Crippen LogP contribution in [0.3, 0.4) is 0 Å². The van der Waals surface area contributed by atoms with Gasteiger partial charge >= 0.3 is 0 Å². The highest BCUT2D eigenvalue weighted by Crippen LogP contribution is 2.16. The Balaban J connectivity index is 1.62. The molecule has 1 N–H and O–H groups in total. The number of unbranched alkanes of at least 4 members (excludes halogenated alkanes) is 1. The molecule has 124 valence electrons. The Morgan fingerprint density at radius 3 is 2.74 bits per heavy atom. The predicted octanol–water partition coefficient (Wildman–Crippen LogP) is 4.01. The topological polar surface area (TPSA) is 51.2 Å². The summed E-state index contributed by atoms with van der Waals surface area (Å²) in [6.45, 7) is 4.39. The second-order valence-electron chi connectivity index (χ2n) is 5.34. The first-order valence-electron chi connectivity index (χ1n) is 7.65. The molecule has 0 aliphatic carbocycles. The van der Waals surface area contributed by atoms with Gasteiger partial charge in [0, 0.05) is 22.6 Å². The first-order chi connectivity index (χ1) is 11.0. The van der Waals surface area contributed by atoms with E-state index in [0.717, 1.165) is 30.0 Å². The molecule has 6 heteroatoms. The largest absolute Gasteiger partial charge is 0.481 e. The van der Waals surface area contributed by atoms with E-state index in [2.05, 4.69) is 15.7 Å². The van der Waals surface area contributed by atoms with Crippen molar-refractivity contribution in [2.24, 2.45) is 0 Å². The van der Waals surface area contributed by atoms with Crippen molar-refractivity contribution in [2.45, 2.75) is 39.2 Å². The molecule has 0 bridgehead atoms. The average molecular weight is 353 g/mol. The minimum Gasteiger partial charge on any atom is -0.481 e. The molecule has 0 aliphatic rings. The molecule has 4 nitrogen and oxygen atoms in total. The van der Waals surface area contributed by atoms with Crippen LogP contribution in [-0.2, 0) is 11.2 Å². The molecule has 0 unspecified atom stereocenters. The van der Waals surface area contributed by atoms with Gasteiger partial charge in [0.1, 0.15) is 5.75 Å². The van der Waals surface area contributed by atoms with Crippen molar-refractivity contribution in [1.82, 2.24) is 10.3 Å². The summed E-state index contributed by atoms with van der Waals surface area (Å²) >= 11 is 7.51. The molecule has 0 fully saturated rings. The number of benzene rings is 1. The fourth-order valence-corrected chi connectivity index (χ4v) is 2.99. The quantitative estimate of drug-likeness (QED) is 0.730. The Kier molecular flexibility index (Phi) is 6.86. The van der Waals surface area contributed by atoms with Gasteiger partial charge in [0.15, 0.2) is 6.10 Å². The molecule has 0 saturated carbocycles. The van der Waals surface area contributed by atoms with E-state index in [9.17, 15) is 4.79 Å². The van der Waals surface area contributed by atoms with Crippen molar-refractivity contribution in [3.63, 3.8) is 0 Å². The smallest absolute Gasteiger partial charge is 0.260 e. The van der Waals surface area contributed by atoms with Gasteiger partial charge < -0.3 is 10.1 Å². The lowest BCUT2D eigenvalue weighted by Gasteiger charge is -2.14. The van der Waals surface area contributed by atoms with Crippen LogP contribution in [-0.4, -0.2) is 23.5 Å². The number of amides is 1. The lowest BCUT2D eigenvalue weighted by molar-refractivity contribution is -0.127. The molecule has 1 atom stereocenters.